The highest BCUT2D eigenvalue weighted by atomic mass is 16.3. The molecule has 144 valence electrons. The van der Waals surface area contributed by atoms with E-state index in [0.29, 0.717) is 18.5 Å². The van der Waals surface area contributed by atoms with Gasteiger partial charge >= 0.3 is 0 Å². The van der Waals surface area contributed by atoms with Gasteiger partial charge in [-0.3, -0.25) is 4.99 Å². The number of guanidine groups is 1. The van der Waals surface area contributed by atoms with Crippen LogP contribution in [0.4, 0.5) is 0 Å². The molecule has 3 fully saturated rings. The van der Waals surface area contributed by atoms with Crippen LogP contribution >= 0.6 is 0 Å². The van der Waals surface area contributed by atoms with Gasteiger partial charge < -0.3 is 20.6 Å². The highest BCUT2D eigenvalue weighted by Crippen LogP contribution is 2.32. The smallest absolute Gasteiger partial charge is 0.191 e. The second kappa shape index (κ2) is 9.22. The van der Waals surface area contributed by atoms with Crippen LogP contribution < -0.4 is 10.6 Å². The van der Waals surface area contributed by atoms with Gasteiger partial charge in [-0.05, 0) is 58.4 Å². The third-order valence-corrected chi connectivity index (χ3v) is 6.66. The van der Waals surface area contributed by atoms with Crippen LogP contribution in [0.15, 0.2) is 4.99 Å². The zero-order valence-electron chi connectivity index (χ0n) is 16.2. The van der Waals surface area contributed by atoms with Crippen LogP contribution in [0.1, 0.15) is 71.1 Å². The molecule has 0 spiro atoms. The van der Waals surface area contributed by atoms with Gasteiger partial charge in [-0.2, -0.15) is 0 Å². The molecule has 3 N–H and O–H groups in total. The number of aliphatic imine (C=N–C) groups is 1. The molecule has 0 amide bonds. The number of nitrogens with zero attached hydrogens (tertiary/aromatic N) is 2. The summed E-state index contributed by atoms with van der Waals surface area (Å²) < 4.78 is 0. The number of nitrogens with one attached hydrogen (secondary N) is 2. The Labute approximate surface area is 153 Å². The van der Waals surface area contributed by atoms with Crippen molar-refractivity contribution in [2.45, 2.75) is 95.4 Å². The van der Waals surface area contributed by atoms with E-state index in [0.717, 1.165) is 24.6 Å². The third-order valence-electron chi connectivity index (χ3n) is 6.66. The Hall–Kier alpha value is -0.810. The quantitative estimate of drug-likeness (QED) is 0.527. The fraction of sp³-hybridized carbons (Fsp3) is 0.950. The molecular weight excluding hydrogens is 312 g/mol. The summed E-state index contributed by atoms with van der Waals surface area (Å²) in [5, 5.41) is 17.5. The van der Waals surface area contributed by atoms with Crippen LogP contribution in [-0.4, -0.2) is 60.3 Å². The summed E-state index contributed by atoms with van der Waals surface area (Å²) in [6.45, 7) is 3.50. The summed E-state index contributed by atoms with van der Waals surface area (Å²) in [5.41, 5.74) is 0. The molecule has 1 aliphatic carbocycles. The summed E-state index contributed by atoms with van der Waals surface area (Å²) in [7, 11) is 2.30. The maximum atomic E-state index is 10.5. The molecule has 2 saturated heterocycles. The van der Waals surface area contributed by atoms with Crippen molar-refractivity contribution in [2.75, 3.05) is 20.1 Å². The summed E-state index contributed by atoms with van der Waals surface area (Å²) in [6, 6.07) is 1.96. The molecule has 1 saturated carbocycles. The molecule has 3 atom stereocenters. The van der Waals surface area contributed by atoms with Gasteiger partial charge in [0.15, 0.2) is 5.96 Å². The van der Waals surface area contributed by atoms with Crippen molar-refractivity contribution >= 4 is 5.96 Å². The van der Waals surface area contributed by atoms with Crippen molar-refractivity contribution < 1.29 is 5.11 Å². The van der Waals surface area contributed by atoms with Gasteiger partial charge in [-0.25, -0.2) is 0 Å². The first-order valence-electron chi connectivity index (χ1n) is 10.6. The average molecular weight is 351 g/mol. The van der Waals surface area contributed by atoms with E-state index in [2.05, 4.69) is 29.5 Å². The molecule has 0 aromatic rings. The number of aliphatic hydroxyl groups excluding tert-OH is 1. The van der Waals surface area contributed by atoms with Crippen LogP contribution in [-0.2, 0) is 0 Å². The lowest BCUT2D eigenvalue weighted by atomic mass is 9.82. The SMILES string of the molecule is CCNC(=NCC(O)C1CCCCC1)NC1CC2CCCC(C1)N2C. The predicted molar refractivity (Wildman–Crippen MR) is 104 cm³/mol. The number of aliphatic hydroxyl groups is 1. The van der Waals surface area contributed by atoms with E-state index in [-0.39, 0.29) is 6.10 Å². The van der Waals surface area contributed by atoms with Gasteiger partial charge in [-0.15, -0.1) is 0 Å². The Morgan fingerprint density at radius 1 is 1.08 bits per heavy atom. The summed E-state index contributed by atoms with van der Waals surface area (Å²) in [6.07, 6.45) is 12.4. The van der Waals surface area contributed by atoms with Crippen molar-refractivity contribution in [3.8, 4) is 0 Å². The van der Waals surface area contributed by atoms with Crippen LogP contribution in [0, 0.1) is 5.92 Å². The molecule has 3 unspecified atom stereocenters. The van der Waals surface area contributed by atoms with Gasteiger partial charge in [0, 0.05) is 24.7 Å². The van der Waals surface area contributed by atoms with Crippen molar-refractivity contribution in [3.05, 3.63) is 0 Å². The highest BCUT2D eigenvalue weighted by molar-refractivity contribution is 5.80. The summed E-state index contributed by atoms with van der Waals surface area (Å²) in [5.74, 6) is 1.34. The molecule has 0 radical (unpaired) electrons. The van der Waals surface area contributed by atoms with Crippen LogP contribution in [0.25, 0.3) is 0 Å². The Morgan fingerprint density at radius 2 is 1.76 bits per heavy atom. The number of hydrogen-bond acceptors (Lipinski definition) is 3. The highest BCUT2D eigenvalue weighted by Gasteiger charge is 2.36. The summed E-state index contributed by atoms with van der Waals surface area (Å²) >= 11 is 0. The fourth-order valence-corrected chi connectivity index (χ4v) is 5.10. The lowest BCUT2D eigenvalue weighted by molar-refractivity contribution is 0.0525. The van der Waals surface area contributed by atoms with Crippen LogP contribution in [0.3, 0.4) is 0 Å². The zero-order valence-corrected chi connectivity index (χ0v) is 16.2. The lowest BCUT2D eigenvalue weighted by Gasteiger charge is -2.47. The average Bonchev–Trinajstić information content (AvgIpc) is 2.61. The van der Waals surface area contributed by atoms with Crippen LogP contribution in [0.5, 0.6) is 0 Å². The first-order chi connectivity index (χ1) is 12.2. The van der Waals surface area contributed by atoms with Gasteiger partial charge in [0.1, 0.15) is 0 Å². The maximum Gasteiger partial charge on any atom is 0.191 e. The van der Waals surface area contributed by atoms with E-state index in [1.807, 2.05) is 0 Å². The van der Waals surface area contributed by atoms with E-state index < -0.39 is 0 Å². The Morgan fingerprint density at radius 3 is 2.40 bits per heavy atom. The van der Waals surface area contributed by atoms with E-state index in [1.165, 1.54) is 64.2 Å². The predicted octanol–water partition coefficient (Wildman–Crippen LogP) is 2.50. The number of hydrogen-bond donors (Lipinski definition) is 3. The Kier molecular flexibility index (Phi) is 7.00. The van der Waals surface area contributed by atoms with E-state index in [1.54, 1.807) is 0 Å². The van der Waals surface area contributed by atoms with Gasteiger partial charge in [0.25, 0.3) is 0 Å². The van der Waals surface area contributed by atoms with Gasteiger partial charge in [-0.1, -0.05) is 25.7 Å². The minimum Gasteiger partial charge on any atom is -0.391 e. The Bertz CT molecular complexity index is 421. The van der Waals surface area contributed by atoms with Gasteiger partial charge in [0.05, 0.1) is 12.6 Å². The maximum absolute atomic E-state index is 10.5. The standard InChI is InChI=1S/C20H38N4O/c1-3-21-20(22-14-19(25)15-8-5-4-6-9-15)23-16-12-17-10-7-11-18(13-16)24(17)2/h15-19,25H,3-14H2,1-2H3,(H2,21,22,23). The van der Waals surface area contributed by atoms with E-state index >= 15 is 0 Å². The van der Waals surface area contributed by atoms with Crippen molar-refractivity contribution in [2.24, 2.45) is 10.9 Å². The molecule has 2 aliphatic heterocycles. The van der Waals surface area contributed by atoms with Crippen molar-refractivity contribution in [3.63, 3.8) is 0 Å². The first kappa shape index (κ1) is 19.0. The number of fused-ring (bicyclic) bond motifs is 2. The van der Waals surface area contributed by atoms with Gasteiger partial charge in [0.2, 0.25) is 0 Å². The second-order valence-electron chi connectivity index (χ2n) is 8.40. The minimum absolute atomic E-state index is 0.285. The molecule has 0 aromatic carbocycles. The molecule has 3 rings (SSSR count). The molecular formula is C20H38N4O. The number of piperidine rings is 2. The summed E-state index contributed by atoms with van der Waals surface area (Å²) in [4.78, 5) is 7.32. The van der Waals surface area contributed by atoms with E-state index in [4.69, 9.17) is 4.99 Å². The monoisotopic (exact) mass is 350 g/mol. The van der Waals surface area contributed by atoms with Crippen molar-refractivity contribution in [1.82, 2.24) is 15.5 Å². The minimum atomic E-state index is -0.285. The van der Waals surface area contributed by atoms with E-state index in [9.17, 15) is 5.11 Å². The molecule has 2 heterocycles. The largest absolute Gasteiger partial charge is 0.391 e. The topological polar surface area (TPSA) is 59.9 Å². The second-order valence-corrected chi connectivity index (χ2v) is 8.40. The van der Waals surface area contributed by atoms with Crippen LogP contribution in [0.2, 0.25) is 0 Å². The lowest BCUT2D eigenvalue weighted by Crippen LogP contribution is -2.56. The molecule has 2 bridgehead atoms. The van der Waals surface area contributed by atoms with Crippen molar-refractivity contribution in [1.29, 1.82) is 0 Å². The fourth-order valence-electron chi connectivity index (χ4n) is 5.10. The molecule has 5 nitrogen and oxygen atoms in total. The molecule has 25 heavy (non-hydrogen) atoms. The Balaban J connectivity index is 1.53. The number of rotatable bonds is 5. The third kappa shape index (κ3) is 5.10. The first-order valence-corrected chi connectivity index (χ1v) is 10.6. The normalized spacial score (nSPS) is 33.1. The zero-order chi connectivity index (χ0) is 17.6. The molecule has 5 heteroatoms. The molecule has 0 aromatic heterocycles. The molecule has 3 aliphatic rings.